The molecule has 620 valence electrons. The van der Waals surface area contributed by atoms with Crippen molar-refractivity contribution in [2.75, 3.05) is 160 Å². The number of piperazine rings is 2. The molecule has 0 unspecified atom stereocenters. The highest BCUT2D eigenvalue weighted by atomic mass is 16.5. The zero-order chi connectivity index (χ0) is 84.2. The molecule has 0 saturated carbocycles. The number of nitrogens with zero attached hydrogens (tertiary/aromatic N) is 9. The van der Waals surface area contributed by atoms with Crippen LogP contribution in [0.25, 0.3) is 50.6 Å². The van der Waals surface area contributed by atoms with E-state index in [1.54, 1.807) is 156 Å². The number of H-pyrrole nitrogens is 4. The molecule has 8 aromatic heterocycles. The Morgan fingerprint density at radius 2 is 0.884 bits per heavy atom. The van der Waals surface area contributed by atoms with Crippen molar-refractivity contribution in [3.05, 3.63) is 289 Å². The van der Waals surface area contributed by atoms with Crippen LogP contribution in [-0.4, -0.2) is 191 Å². The molecule has 0 radical (unpaired) electrons. The third-order valence-electron chi connectivity index (χ3n) is 20.3. The van der Waals surface area contributed by atoms with E-state index in [9.17, 15) is 38.4 Å². The third kappa shape index (κ3) is 23.4. The quantitative estimate of drug-likeness (QED) is 0.0300. The van der Waals surface area contributed by atoms with Gasteiger partial charge in [-0.15, -0.1) is 0 Å². The molecule has 32 nitrogen and oxygen atoms in total. The number of hydrogen-bond acceptors (Lipinski definition) is 24. The summed E-state index contributed by atoms with van der Waals surface area (Å²) in [5, 5.41) is 29.6. The van der Waals surface area contributed by atoms with E-state index < -0.39 is 0 Å². The molecule has 121 heavy (non-hydrogen) atoms. The zero-order valence-corrected chi connectivity index (χ0v) is 67.2. The van der Waals surface area contributed by atoms with E-state index in [0.29, 0.717) is 85.8 Å². The summed E-state index contributed by atoms with van der Waals surface area (Å²) in [6.07, 6.45) is 19.4. The number of aromatic amines is 4. The van der Waals surface area contributed by atoms with Gasteiger partial charge in [-0.1, -0.05) is 30.3 Å². The van der Waals surface area contributed by atoms with Crippen molar-refractivity contribution in [3.8, 4) is 50.8 Å². The van der Waals surface area contributed by atoms with E-state index in [-0.39, 0.29) is 68.6 Å². The van der Waals surface area contributed by atoms with Gasteiger partial charge in [-0.25, -0.2) is 19.9 Å². The second-order valence-corrected chi connectivity index (χ2v) is 28.4. The Morgan fingerprint density at radius 3 is 1.39 bits per heavy atom. The molecule has 0 aliphatic carbocycles. The molecular weight excluding hydrogens is 1540 g/mol. The van der Waals surface area contributed by atoms with Crippen LogP contribution in [0, 0.1) is 0 Å². The maximum Gasteiger partial charge on any atom is 0.271 e. The number of hydrogen-bond donors (Lipinski definition) is 14. The molecule has 4 aromatic carbocycles. The first kappa shape index (κ1) is 84.3. The highest BCUT2D eigenvalue weighted by Crippen LogP contribution is 2.28. The molecule has 12 aromatic rings. The lowest BCUT2D eigenvalue weighted by Crippen LogP contribution is -2.44. The average molecular weight is 1630 g/mol. The van der Waals surface area contributed by atoms with Gasteiger partial charge in [-0.05, 0) is 177 Å². The minimum Gasteiger partial charge on any atom is -0.492 e. The second-order valence-electron chi connectivity index (χ2n) is 28.4. The first-order valence-electron chi connectivity index (χ1n) is 39.9. The molecule has 16 rings (SSSR count). The summed E-state index contributed by atoms with van der Waals surface area (Å²) in [6.45, 7) is 13.2. The van der Waals surface area contributed by atoms with E-state index in [4.69, 9.17) is 4.74 Å². The van der Waals surface area contributed by atoms with Crippen LogP contribution in [0.15, 0.2) is 239 Å². The highest BCUT2D eigenvalue weighted by molar-refractivity contribution is 6.07. The van der Waals surface area contributed by atoms with Crippen molar-refractivity contribution in [1.29, 1.82) is 0 Å². The highest BCUT2D eigenvalue weighted by Gasteiger charge is 2.20. The van der Waals surface area contributed by atoms with Gasteiger partial charge in [0.2, 0.25) is 0 Å². The van der Waals surface area contributed by atoms with Crippen LogP contribution in [0.2, 0.25) is 0 Å². The van der Waals surface area contributed by atoms with Crippen molar-refractivity contribution in [1.82, 2.24) is 70.7 Å². The van der Waals surface area contributed by atoms with Gasteiger partial charge >= 0.3 is 0 Å². The van der Waals surface area contributed by atoms with E-state index >= 15 is 0 Å². The Bertz CT molecular complexity index is 5810. The molecule has 3 fully saturated rings. The maximum absolute atomic E-state index is 12.7. The Labute approximate surface area is 697 Å². The molecule has 12 heterocycles. The summed E-state index contributed by atoms with van der Waals surface area (Å²) in [6, 6.07) is 48.6. The molecule has 0 atom stereocenters. The van der Waals surface area contributed by atoms with Crippen molar-refractivity contribution < 1.29 is 23.9 Å². The largest absolute Gasteiger partial charge is 0.492 e. The topological polar surface area (TPSA) is 416 Å². The second kappa shape index (κ2) is 42.0. The molecular formula is C89H95N23O9. The fraction of sp³-hybridized carbons (Fsp3) is 0.236. The van der Waals surface area contributed by atoms with Gasteiger partial charge in [0.25, 0.3) is 45.9 Å². The van der Waals surface area contributed by atoms with Gasteiger partial charge in [0.1, 0.15) is 58.9 Å². The smallest absolute Gasteiger partial charge is 0.271 e. The number of benzene rings is 4. The summed E-state index contributed by atoms with van der Waals surface area (Å²) in [5.74, 6) is 1.30. The fourth-order valence-corrected chi connectivity index (χ4v) is 13.6. The predicted octanol–water partition coefficient (Wildman–Crippen LogP) is 9.73. The molecule has 0 spiro atoms. The standard InChI is InChI=1S/C24H28N6O3.C22H22N6O2.C22H22N4O2.C21H23N7O2/c1-25-22-4-2-3-20(28-22)18-15-21(24(32)27-16-18)29-23(31)17-5-7-19(8-6-17)33-14-13-30-11-9-26-10-12-30;1-23-20-11-18(26-13-27-20)17-10-19(22(30)25-12-17)28-21(29)16-4-2-14(3-5-16)15-6-8-24-9-7-15;27-21(16-7-9-18(10-8-16)26-12-4-1-5-13-26)25-20-14-17(15-24-22(20)28)19-6-2-3-11-23-19;1-22-19-13-24-12-18(26-19)15-10-17(21(30)25-11-15)27-20(29)14-2-4-16(5-3-14)28-8-6-23-7-9-28/h2-8,15-16,26H,9-14H2,1H3,(H,25,28)(H,27,32)(H,29,31);2-6,10-13,24H,7-9H2,1H3,(H,25,30)(H,28,29)(H,23,26,27);2-3,6-11,14-15H,1,4-5,12-13H2,(H,24,28)(H,25,27);2-5,10-13,23H,6-9H2,1H3,(H,22,26)(H,25,30)(H,27,29). The normalized spacial score (nSPS) is 13.8. The minimum atomic E-state index is -0.387. The number of carbonyl (C=O) groups is 4. The van der Waals surface area contributed by atoms with E-state index in [1.165, 1.54) is 31.2 Å². The lowest BCUT2D eigenvalue weighted by molar-refractivity contribution is 0.101. The van der Waals surface area contributed by atoms with Gasteiger partial charge in [0.05, 0.1) is 35.2 Å². The zero-order valence-electron chi connectivity index (χ0n) is 67.2. The summed E-state index contributed by atoms with van der Waals surface area (Å²) < 4.78 is 5.80. The van der Waals surface area contributed by atoms with E-state index in [1.807, 2.05) is 72.8 Å². The number of aromatic nitrogens is 10. The summed E-state index contributed by atoms with van der Waals surface area (Å²) in [7, 11) is 5.30. The number of ether oxygens (including phenoxy) is 1. The van der Waals surface area contributed by atoms with Crippen LogP contribution >= 0.6 is 0 Å². The van der Waals surface area contributed by atoms with Crippen molar-refractivity contribution in [3.63, 3.8) is 0 Å². The van der Waals surface area contributed by atoms with Crippen LogP contribution in [0.1, 0.15) is 72.7 Å². The number of amides is 4. The molecule has 14 N–H and O–H groups in total. The van der Waals surface area contributed by atoms with Gasteiger partial charge in [-0.3, -0.25) is 53.2 Å². The Morgan fingerprint density at radius 1 is 0.413 bits per heavy atom. The fourth-order valence-electron chi connectivity index (χ4n) is 13.6. The number of rotatable bonds is 22. The SMILES string of the molecule is CNc1cc(-c2c[nH]c(=O)c(NC(=O)c3ccc(C4=CCNCC4)cc3)c2)ncn1.CNc1cccc(-c2c[nH]c(=O)c(NC(=O)c3ccc(OCCN4CCNCC4)cc3)c2)n1.CNc1cncc(-c2c[nH]c(=O)c(NC(=O)c3ccc(N4CCNCC4)cc3)c2)n1.O=C(Nc1cc(-c2ccccn2)c[nH]c1=O)c1ccc(N2CCCCC2)cc1. The third-order valence-corrected chi connectivity index (χ3v) is 20.3. The van der Waals surface area contributed by atoms with Crippen LogP contribution in [-0.2, 0) is 0 Å². The minimum absolute atomic E-state index is 0.153. The van der Waals surface area contributed by atoms with Gasteiger partial charge in [0, 0.05) is 193 Å². The Kier molecular flexibility index (Phi) is 29.3. The molecule has 0 bridgehead atoms. The Hall–Kier alpha value is -14.6. The predicted molar refractivity (Wildman–Crippen MR) is 474 cm³/mol. The number of nitrogens with one attached hydrogen (secondary N) is 14. The summed E-state index contributed by atoms with van der Waals surface area (Å²) >= 11 is 0. The molecule has 4 amide bonds. The van der Waals surface area contributed by atoms with Crippen molar-refractivity contribution >= 4 is 80.8 Å². The van der Waals surface area contributed by atoms with Crippen LogP contribution < -0.4 is 89.9 Å². The first-order chi connectivity index (χ1) is 59.1. The van der Waals surface area contributed by atoms with Crippen LogP contribution in [0.3, 0.4) is 0 Å². The van der Waals surface area contributed by atoms with Crippen molar-refractivity contribution in [2.24, 2.45) is 0 Å². The van der Waals surface area contributed by atoms with Gasteiger partial charge in [-0.2, -0.15) is 0 Å². The molecule has 4 aliphatic rings. The molecule has 4 aliphatic heterocycles. The number of pyridine rings is 6. The lowest BCUT2D eigenvalue weighted by atomic mass is 9.99. The number of anilines is 9. The Balaban J connectivity index is 0.000000139. The monoisotopic (exact) mass is 1630 g/mol. The molecule has 3 saturated heterocycles. The summed E-state index contributed by atoms with van der Waals surface area (Å²) in [5.41, 5.74) is 11.0. The van der Waals surface area contributed by atoms with E-state index in [0.717, 1.165) is 120 Å². The number of carbonyl (C=O) groups excluding carboxylic acids is 4. The maximum atomic E-state index is 12.7. The van der Waals surface area contributed by atoms with Gasteiger partial charge < -0.3 is 87.6 Å². The lowest BCUT2D eigenvalue weighted by Gasteiger charge is -2.29. The number of piperidine rings is 1. The first-order valence-corrected chi connectivity index (χ1v) is 39.9. The summed E-state index contributed by atoms with van der Waals surface area (Å²) in [4.78, 5) is 143. The molecule has 32 heteroatoms. The van der Waals surface area contributed by atoms with Crippen molar-refractivity contribution in [2.45, 2.75) is 25.7 Å². The average Bonchev–Trinajstić information content (AvgIpc) is 0.797. The van der Waals surface area contributed by atoms with Crippen LogP contribution in [0.4, 0.5) is 51.6 Å². The van der Waals surface area contributed by atoms with Crippen LogP contribution in [0.5, 0.6) is 5.75 Å². The van der Waals surface area contributed by atoms with Gasteiger partial charge in [0.15, 0.2) is 0 Å². The van der Waals surface area contributed by atoms with E-state index in [2.05, 4.69) is 124 Å².